The molecule has 37 heavy (non-hydrogen) atoms. The molecule has 1 aliphatic rings. The third-order valence-electron chi connectivity index (χ3n) is 5.90. The van der Waals surface area contributed by atoms with Gasteiger partial charge in [0.05, 0.1) is 21.9 Å². The average Bonchev–Trinajstić information content (AvgIpc) is 3.15. The van der Waals surface area contributed by atoms with E-state index in [1.165, 1.54) is 28.8 Å². The molecular weight excluding hydrogens is 470 g/mol. The molecule has 1 amide bonds. The van der Waals surface area contributed by atoms with Crippen LogP contribution in [0.2, 0.25) is 0 Å². The van der Waals surface area contributed by atoms with Gasteiger partial charge in [-0.15, -0.1) is 0 Å². The highest BCUT2D eigenvalue weighted by Gasteiger charge is 2.29. The Labute approximate surface area is 216 Å². The van der Waals surface area contributed by atoms with Gasteiger partial charge in [0.1, 0.15) is 24.7 Å². The Hall–Kier alpha value is -4.46. The number of para-hydroxylation sites is 1. The van der Waals surface area contributed by atoms with Gasteiger partial charge in [-0.05, 0) is 54.3 Å². The molecule has 0 saturated carbocycles. The molecule has 8 heteroatoms. The van der Waals surface area contributed by atoms with Crippen molar-refractivity contribution < 1.29 is 19.2 Å². The predicted molar refractivity (Wildman–Crippen MR) is 144 cm³/mol. The van der Waals surface area contributed by atoms with Crippen LogP contribution >= 0.6 is 0 Å². The normalized spacial score (nSPS) is 14.6. The van der Waals surface area contributed by atoms with Gasteiger partial charge < -0.3 is 9.47 Å². The minimum atomic E-state index is -0.482. The van der Waals surface area contributed by atoms with Gasteiger partial charge in [-0.1, -0.05) is 51.1 Å². The Morgan fingerprint density at radius 2 is 1.65 bits per heavy atom. The van der Waals surface area contributed by atoms with Gasteiger partial charge in [-0.2, -0.15) is 10.1 Å². The number of non-ortho nitro benzene ring substituents is 1. The third kappa shape index (κ3) is 6.03. The van der Waals surface area contributed by atoms with Crippen LogP contribution in [-0.4, -0.2) is 29.8 Å². The summed E-state index contributed by atoms with van der Waals surface area (Å²) in [6.07, 6.45) is 1.58. The first-order valence-corrected chi connectivity index (χ1v) is 11.9. The molecule has 0 unspecified atom stereocenters. The van der Waals surface area contributed by atoms with Crippen LogP contribution in [-0.2, 0) is 10.2 Å². The Kier molecular flexibility index (Phi) is 7.38. The third-order valence-corrected chi connectivity index (χ3v) is 5.90. The number of carbonyl (C=O) groups is 1. The number of nitro groups is 1. The number of amides is 1. The molecular formula is C29H29N3O5. The lowest BCUT2D eigenvalue weighted by Gasteiger charge is -2.19. The van der Waals surface area contributed by atoms with Crippen LogP contribution < -0.4 is 14.5 Å². The van der Waals surface area contributed by atoms with Crippen LogP contribution in [0.4, 0.5) is 11.4 Å². The number of rotatable bonds is 8. The Bertz CT molecular complexity index is 1360. The first kappa shape index (κ1) is 25.6. The molecule has 190 valence electrons. The van der Waals surface area contributed by atoms with E-state index in [4.69, 9.17) is 9.47 Å². The molecule has 1 aliphatic heterocycles. The van der Waals surface area contributed by atoms with E-state index in [9.17, 15) is 14.9 Å². The number of anilines is 1. The lowest BCUT2D eigenvalue weighted by atomic mass is 9.87. The number of benzene rings is 3. The van der Waals surface area contributed by atoms with E-state index in [2.05, 4.69) is 25.9 Å². The van der Waals surface area contributed by atoms with Gasteiger partial charge in [0.25, 0.3) is 11.6 Å². The molecule has 0 radical (unpaired) electrons. The van der Waals surface area contributed by atoms with E-state index in [0.29, 0.717) is 28.3 Å². The van der Waals surface area contributed by atoms with Crippen LogP contribution in [0.1, 0.15) is 38.8 Å². The molecule has 0 saturated heterocycles. The minimum absolute atomic E-state index is 0.0599. The van der Waals surface area contributed by atoms with Crippen molar-refractivity contribution in [3.8, 4) is 11.5 Å². The second-order valence-electron chi connectivity index (χ2n) is 9.65. The molecule has 0 atom stereocenters. The molecule has 1 heterocycles. The van der Waals surface area contributed by atoms with Crippen molar-refractivity contribution in [2.24, 2.45) is 5.10 Å². The zero-order valence-electron chi connectivity index (χ0n) is 21.3. The summed E-state index contributed by atoms with van der Waals surface area (Å²) in [5.74, 6) is 0.818. The number of ether oxygens (including phenoxy) is 2. The van der Waals surface area contributed by atoms with E-state index in [1.54, 1.807) is 25.1 Å². The monoisotopic (exact) mass is 499 g/mol. The quantitative estimate of drug-likeness (QED) is 0.160. The number of hydrogen-bond acceptors (Lipinski definition) is 6. The van der Waals surface area contributed by atoms with E-state index < -0.39 is 4.92 Å². The molecule has 0 fully saturated rings. The highest BCUT2D eigenvalue weighted by molar-refractivity contribution is 6.32. The lowest BCUT2D eigenvalue weighted by Crippen LogP contribution is -2.21. The van der Waals surface area contributed by atoms with E-state index in [0.717, 1.165) is 5.75 Å². The molecule has 0 aromatic heterocycles. The summed E-state index contributed by atoms with van der Waals surface area (Å²) >= 11 is 0. The van der Waals surface area contributed by atoms with Gasteiger partial charge in [0.2, 0.25) is 0 Å². The summed E-state index contributed by atoms with van der Waals surface area (Å²) in [4.78, 5) is 24.0. The second-order valence-corrected chi connectivity index (χ2v) is 9.65. The number of hydrazone groups is 1. The van der Waals surface area contributed by atoms with Crippen molar-refractivity contribution in [3.05, 3.63) is 99.6 Å². The number of nitrogens with zero attached hydrogens (tertiary/aromatic N) is 3. The van der Waals surface area contributed by atoms with Crippen molar-refractivity contribution in [1.82, 2.24) is 0 Å². The highest BCUT2D eigenvalue weighted by Crippen LogP contribution is 2.30. The summed E-state index contributed by atoms with van der Waals surface area (Å²) in [6, 6.07) is 21.3. The molecule has 4 rings (SSSR count). The fraction of sp³-hybridized carbons (Fsp3) is 0.241. The molecule has 0 N–H and O–H groups in total. The lowest BCUT2D eigenvalue weighted by molar-refractivity contribution is -0.384. The number of carbonyl (C=O) groups excluding carboxylic acids is 1. The number of nitro benzene ring substituents is 1. The van der Waals surface area contributed by atoms with Gasteiger partial charge in [0, 0.05) is 17.7 Å². The van der Waals surface area contributed by atoms with Crippen LogP contribution in [0.3, 0.4) is 0 Å². The maximum Gasteiger partial charge on any atom is 0.280 e. The maximum atomic E-state index is 13.1. The zero-order valence-corrected chi connectivity index (χ0v) is 21.3. The van der Waals surface area contributed by atoms with Gasteiger partial charge in [-0.3, -0.25) is 14.9 Å². The van der Waals surface area contributed by atoms with Crippen LogP contribution in [0.15, 0.2) is 83.5 Å². The first-order valence-electron chi connectivity index (χ1n) is 11.9. The van der Waals surface area contributed by atoms with Gasteiger partial charge in [0.15, 0.2) is 0 Å². The standard InChI is InChI=1S/C29H29N3O5/c1-20-26(28(33)31(30-20)23-8-6-5-7-9-23)19-21-18-24(32(34)35)12-15-27(21)37-17-16-36-25-13-10-22(11-14-25)29(2,3)4/h5-15,18-19H,16-17H2,1-4H3. The zero-order chi connectivity index (χ0) is 26.6. The fourth-order valence-corrected chi connectivity index (χ4v) is 3.84. The summed E-state index contributed by atoms with van der Waals surface area (Å²) in [5, 5.41) is 17.1. The SMILES string of the molecule is CC1=NN(c2ccccc2)C(=O)C1=Cc1cc([N+](=O)[O-])ccc1OCCOc1ccc(C(C)(C)C)cc1. The first-order chi connectivity index (χ1) is 17.6. The molecule has 3 aromatic carbocycles. The molecule has 3 aromatic rings. The maximum absolute atomic E-state index is 13.1. The number of hydrogen-bond donors (Lipinski definition) is 0. The predicted octanol–water partition coefficient (Wildman–Crippen LogP) is 6.16. The van der Waals surface area contributed by atoms with E-state index in [-0.39, 0.29) is 30.2 Å². The van der Waals surface area contributed by atoms with Crippen molar-refractivity contribution in [2.75, 3.05) is 18.2 Å². The summed E-state index contributed by atoms with van der Waals surface area (Å²) < 4.78 is 11.7. The summed E-state index contributed by atoms with van der Waals surface area (Å²) in [6.45, 7) is 8.68. The largest absolute Gasteiger partial charge is 0.490 e. The summed E-state index contributed by atoms with van der Waals surface area (Å²) in [7, 11) is 0. The second kappa shape index (κ2) is 10.7. The Morgan fingerprint density at radius 3 is 2.30 bits per heavy atom. The minimum Gasteiger partial charge on any atom is -0.490 e. The highest BCUT2D eigenvalue weighted by atomic mass is 16.6. The average molecular weight is 500 g/mol. The fourth-order valence-electron chi connectivity index (χ4n) is 3.84. The van der Waals surface area contributed by atoms with E-state index >= 15 is 0 Å². The Balaban J connectivity index is 1.49. The van der Waals surface area contributed by atoms with E-state index in [1.807, 2.05) is 42.5 Å². The van der Waals surface area contributed by atoms with Gasteiger partial charge >= 0.3 is 0 Å². The van der Waals surface area contributed by atoms with Crippen molar-refractivity contribution in [3.63, 3.8) is 0 Å². The molecule has 0 bridgehead atoms. The van der Waals surface area contributed by atoms with Crippen molar-refractivity contribution >= 4 is 29.1 Å². The van der Waals surface area contributed by atoms with Crippen LogP contribution in [0.5, 0.6) is 11.5 Å². The molecule has 0 spiro atoms. The topological polar surface area (TPSA) is 94.3 Å². The smallest absolute Gasteiger partial charge is 0.280 e. The molecule has 8 nitrogen and oxygen atoms in total. The summed E-state index contributed by atoms with van der Waals surface area (Å²) in [5.41, 5.74) is 3.07. The van der Waals surface area contributed by atoms with Gasteiger partial charge in [-0.25, -0.2) is 0 Å². The van der Waals surface area contributed by atoms with Crippen molar-refractivity contribution in [1.29, 1.82) is 0 Å². The van der Waals surface area contributed by atoms with Crippen LogP contribution in [0.25, 0.3) is 6.08 Å². The van der Waals surface area contributed by atoms with Crippen molar-refractivity contribution in [2.45, 2.75) is 33.1 Å². The molecule has 0 aliphatic carbocycles. The van der Waals surface area contributed by atoms with Crippen LogP contribution in [0, 0.1) is 10.1 Å². The Morgan fingerprint density at radius 1 is 0.973 bits per heavy atom.